The van der Waals surface area contributed by atoms with Crippen molar-refractivity contribution in [3.63, 3.8) is 0 Å². The third-order valence-corrected chi connectivity index (χ3v) is 5.33. The lowest BCUT2D eigenvalue weighted by Crippen LogP contribution is -2.36. The Morgan fingerprint density at radius 3 is 2.88 bits per heavy atom. The van der Waals surface area contributed by atoms with E-state index in [1.165, 1.54) is 12.3 Å². The molecule has 0 radical (unpaired) electrons. The van der Waals surface area contributed by atoms with Crippen LogP contribution in [0.15, 0.2) is 54.0 Å². The number of nitrogens with one attached hydrogen (secondary N) is 1. The lowest BCUT2D eigenvalue weighted by molar-refractivity contribution is -0.126. The first kappa shape index (κ1) is 21.2. The van der Waals surface area contributed by atoms with E-state index in [-0.39, 0.29) is 11.7 Å². The van der Waals surface area contributed by atoms with E-state index >= 15 is 0 Å². The Labute approximate surface area is 184 Å². The van der Waals surface area contributed by atoms with E-state index in [0.717, 1.165) is 29.1 Å². The highest BCUT2D eigenvalue weighted by Gasteiger charge is 2.25. The van der Waals surface area contributed by atoms with E-state index in [0.29, 0.717) is 36.5 Å². The average molecular weight is 434 g/mol. The smallest absolute Gasteiger partial charge is 0.257 e. The van der Waals surface area contributed by atoms with Gasteiger partial charge in [0.25, 0.3) is 5.91 Å². The maximum Gasteiger partial charge on any atom is 0.257 e. The van der Waals surface area contributed by atoms with Gasteiger partial charge < -0.3 is 20.4 Å². The largest absolute Gasteiger partial charge is 0.495 e. The minimum Gasteiger partial charge on any atom is -0.495 e. The van der Waals surface area contributed by atoms with Gasteiger partial charge in [-0.15, -0.1) is 0 Å². The van der Waals surface area contributed by atoms with Gasteiger partial charge in [0.2, 0.25) is 0 Å². The number of H-pyrrole nitrogens is 1. The number of pyridine rings is 1. The van der Waals surface area contributed by atoms with Crippen molar-refractivity contribution in [1.29, 1.82) is 0 Å². The van der Waals surface area contributed by atoms with Crippen molar-refractivity contribution in [1.82, 2.24) is 19.9 Å². The summed E-state index contributed by atoms with van der Waals surface area (Å²) >= 11 is 0. The molecule has 0 saturated heterocycles. The second-order valence-corrected chi connectivity index (χ2v) is 7.22. The predicted octanol–water partition coefficient (Wildman–Crippen LogP) is 2.78. The van der Waals surface area contributed by atoms with Crippen molar-refractivity contribution in [2.75, 3.05) is 13.7 Å². The Hall–Kier alpha value is -4.01. The minimum atomic E-state index is -0.144. The molecule has 1 aromatic carbocycles. The quantitative estimate of drug-likeness (QED) is 0.616. The van der Waals surface area contributed by atoms with Gasteiger partial charge in [-0.05, 0) is 24.3 Å². The van der Waals surface area contributed by atoms with Gasteiger partial charge in [-0.25, -0.2) is 9.37 Å². The van der Waals surface area contributed by atoms with Crippen molar-refractivity contribution < 1.29 is 13.9 Å². The summed E-state index contributed by atoms with van der Waals surface area (Å²) in [7, 11) is 1.57. The van der Waals surface area contributed by atoms with Crippen molar-refractivity contribution in [3.05, 3.63) is 77.5 Å². The Bertz CT molecular complexity index is 1170. The summed E-state index contributed by atoms with van der Waals surface area (Å²) in [5, 5.41) is 0. The molecule has 2 aliphatic heterocycles. The highest BCUT2D eigenvalue weighted by atomic mass is 19.1. The third-order valence-electron chi connectivity index (χ3n) is 5.33. The molecular weight excluding hydrogens is 411 g/mol. The zero-order valence-electron chi connectivity index (χ0n) is 17.6. The van der Waals surface area contributed by atoms with Crippen LogP contribution in [0.25, 0.3) is 5.57 Å². The van der Waals surface area contributed by atoms with Crippen LogP contribution in [0.3, 0.4) is 0 Å². The van der Waals surface area contributed by atoms with Crippen LogP contribution in [0, 0.1) is 5.82 Å². The van der Waals surface area contributed by atoms with E-state index in [2.05, 4.69) is 19.9 Å². The van der Waals surface area contributed by atoms with Gasteiger partial charge >= 0.3 is 0 Å². The molecule has 164 valence electrons. The summed E-state index contributed by atoms with van der Waals surface area (Å²) in [6.45, 7) is 1.12. The average Bonchev–Trinajstić information content (AvgIpc) is 3.50. The molecule has 32 heavy (non-hydrogen) atoms. The summed E-state index contributed by atoms with van der Waals surface area (Å²) in [5.41, 5.74) is 10.1. The van der Waals surface area contributed by atoms with Gasteiger partial charge in [0.15, 0.2) is 0 Å². The Kier molecular flexibility index (Phi) is 6.25. The summed E-state index contributed by atoms with van der Waals surface area (Å²) in [5.74, 6) is 0.350. The van der Waals surface area contributed by atoms with Crippen molar-refractivity contribution in [3.8, 4) is 5.75 Å². The minimum absolute atomic E-state index is 0.139. The molecule has 0 spiro atoms. The second-order valence-electron chi connectivity index (χ2n) is 7.22. The SMILES string of the molecule is COc1ccc(/C(=C\N)C(=O)N2CCc3nc[nH]c3C2)nc1.Fc1cccc2c1CC=N2. The Morgan fingerprint density at radius 1 is 1.28 bits per heavy atom. The van der Waals surface area contributed by atoms with Crippen LogP contribution in [-0.4, -0.2) is 45.6 Å². The van der Waals surface area contributed by atoms with Crippen LogP contribution >= 0.6 is 0 Å². The molecule has 2 aromatic heterocycles. The number of methoxy groups -OCH3 is 1. The van der Waals surface area contributed by atoms with Crippen LogP contribution in [-0.2, 0) is 24.2 Å². The number of nitrogens with two attached hydrogens (primary N) is 1. The van der Waals surface area contributed by atoms with Crippen LogP contribution in [0.5, 0.6) is 5.75 Å². The predicted molar refractivity (Wildman–Crippen MR) is 119 cm³/mol. The molecule has 0 bridgehead atoms. The molecule has 0 unspecified atom stereocenters. The summed E-state index contributed by atoms with van der Waals surface area (Å²) in [6, 6.07) is 8.44. The first-order chi connectivity index (χ1) is 15.6. The number of amides is 1. The molecule has 0 aliphatic carbocycles. The number of carbonyl (C=O) groups is 1. The van der Waals surface area contributed by atoms with Crippen molar-refractivity contribution in [2.45, 2.75) is 19.4 Å². The first-order valence-corrected chi connectivity index (χ1v) is 10.1. The number of aromatic amines is 1. The Morgan fingerprint density at radius 2 is 2.16 bits per heavy atom. The number of nitrogens with zero attached hydrogens (tertiary/aromatic N) is 4. The van der Waals surface area contributed by atoms with Crippen LogP contribution < -0.4 is 10.5 Å². The Balaban J connectivity index is 0.000000203. The van der Waals surface area contributed by atoms with Crippen molar-refractivity contribution >= 4 is 23.4 Å². The summed E-state index contributed by atoms with van der Waals surface area (Å²) in [4.78, 5) is 30.0. The monoisotopic (exact) mass is 434 g/mol. The fourth-order valence-electron chi connectivity index (χ4n) is 3.59. The number of aromatic nitrogens is 3. The van der Waals surface area contributed by atoms with Crippen LogP contribution in [0.4, 0.5) is 10.1 Å². The molecule has 2 aliphatic rings. The number of carbonyl (C=O) groups excluding carboxylic acids is 1. The van der Waals surface area contributed by atoms with Gasteiger partial charge in [-0.1, -0.05) is 6.07 Å². The molecule has 0 atom stereocenters. The lowest BCUT2D eigenvalue weighted by atomic mass is 10.1. The standard InChI is InChI=1S/C15H17N5O2.C8H6FN/c1-22-10-2-3-12(17-7-10)11(6-16)15(21)20-5-4-13-14(8-20)19-9-18-13;9-7-2-1-3-8-6(7)4-5-10-8/h2-3,6-7,9H,4-5,8,16H2,1H3,(H,18,19);1-3,5H,4H2/b11-6+;. The number of ether oxygens (including phenoxy) is 1. The van der Waals surface area contributed by atoms with E-state index in [4.69, 9.17) is 10.5 Å². The molecule has 3 N–H and O–H groups in total. The number of hydrogen-bond acceptors (Lipinski definition) is 6. The second kappa shape index (κ2) is 9.42. The van der Waals surface area contributed by atoms with Gasteiger partial charge in [0, 0.05) is 37.4 Å². The maximum absolute atomic E-state index is 12.8. The van der Waals surface area contributed by atoms with Crippen LogP contribution in [0.2, 0.25) is 0 Å². The number of aliphatic imine (C=N–C) groups is 1. The van der Waals surface area contributed by atoms with E-state index in [1.807, 2.05) is 6.07 Å². The number of hydrogen-bond donors (Lipinski definition) is 2. The summed E-state index contributed by atoms with van der Waals surface area (Å²) in [6.07, 6.45) is 7.63. The molecule has 3 aromatic rings. The molecule has 4 heterocycles. The maximum atomic E-state index is 12.8. The van der Waals surface area contributed by atoms with Gasteiger partial charge in [0.1, 0.15) is 11.6 Å². The van der Waals surface area contributed by atoms with Crippen molar-refractivity contribution in [2.24, 2.45) is 10.7 Å². The number of fused-ring (bicyclic) bond motifs is 2. The molecule has 8 nitrogen and oxygen atoms in total. The van der Waals surface area contributed by atoms with Gasteiger partial charge in [0.05, 0.1) is 54.5 Å². The molecular formula is C23H23FN6O2. The number of halogens is 1. The number of imidazole rings is 1. The molecule has 0 fully saturated rings. The fourth-order valence-corrected chi connectivity index (χ4v) is 3.59. The summed E-state index contributed by atoms with van der Waals surface area (Å²) < 4.78 is 17.9. The number of benzene rings is 1. The fraction of sp³-hybridized carbons (Fsp3) is 0.217. The number of rotatable bonds is 3. The van der Waals surface area contributed by atoms with Gasteiger partial charge in [-0.2, -0.15) is 0 Å². The molecule has 0 saturated carbocycles. The van der Waals surface area contributed by atoms with Gasteiger partial charge in [-0.3, -0.25) is 14.8 Å². The highest BCUT2D eigenvalue weighted by molar-refractivity contribution is 6.18. The molecule has 1 amide bonds. The third kappa shape index (κ3) is 4.36. The van der Waals surface area contributed by atoms with Crippen LogP contribution in [0.1, 0.15) is 22.6 Å². The zero-order chi connectivity index (χ0) is 22.5. The zero-order valence-corrected chi connectivity index (χ0v) is 17.6. The van der Waals surface area contributed by atoms with E-state index < -0.39 is 0 Å². The normalized spacial score (nSPS) is 14.3. The molecule has 5 rings (SSSR count). The van der Waals surface area contributed by atoms with E-state index in [1.54, 1.807) is 48.9 Å². The first-order valence-electron chi connectivity index (χ1n) is 10.1. The molecule has 9 heteroatoms. The highest BCUT2D eigenvalue weighted by Crippen LogP contribution is 2.25. The lowest BCUT2D eigenvalue weighted by Gasteiger charge is -2.27. The topological polar surface area (TPSA) is 109 Å². The van der Waals surface area contributed by atoms with E-state index in [9.17, 15) is 9.18 Å².